The molecule has 98 valence electrons. The van der Waals surface area contributed by atoms with Crippen LogP contribution in [0.2, 0.25) is 5.02 Å². The van der Waals surface area contributed by atoms with Gasteiger partial charge in [-0.15, -0.1) is 0 Å². The van der Waals surface area contributed by atoms with E-state index >= 15 is 0 Å². The van der Waals surface area contributed by atoms with Crippen molar-refractivity contribution >= 4 is 34.6 Å². The number of benzene rings is 1. The number of halogens is 1. The van der Waals surface area contributed by atoms with Crippen LogP contribution in [0, 0.1) is 5.92 Å². The summed E-state index contributed by atoms with van der Waals surface area (Å²) in [5.41, 5.74) is 1.00. The Morgan fingerprint density at radius 1 is 1.39 bits per heavy atom. The second kappa shape index (κ2) is 6.39. The summed E-state index contributed by atoms with van der Waals surface area (Å²) in [5, 5.41) is 4.86. The molecule has 1 aromatic carbocycles. The zero-order valence-corrected chi connectivity index (χ0v) is 12.2. The Labute approximate surface area is 119 Å². The van der Waals surface area contributed by atoms with E-state index in [1.807, 2.05) is 24.3 Å². The molecule has 0 saturated heterocycles. The molecule has 0 radical (unpaired) electrons. The Morgan fingerprint density at radius 3 is 2.61 bits per heavy atom. The lowest BCUT2D eigenvalue weighted by molar-refractivity contribution is 0.404. The van der Waals surface area contributed by atoms with Crippen molar-refractivity contribution in [3.05, 3.63) is 29.3 Å². The zero-order valence-electron chi connectivity index (χ0n) is 10.7. The highest BCUT2D eigenvalue weighted by Crippen LogP contribution is 2.30. The van der Waals surface area contributed by atoms with E-state index in [2.05, 4.69) is 17.1 Å². The molecule has 0 spiro atoms. The molecule has 18 heavy (non-hydrogen) atoms. The van der Waals surface area contributed by atoms with Gasteiger partial charge in [-0.1, -0.05) is 18.5 Å². The van der Waals surface area contributed by atoms with Gasteiger partial charge in [-0.3, -0.25) is 0 Å². The number of nitrogens with one attached hydrogen (secondary N) is 1. The van der Waals surface area contributed by atoms with E-state index in [0.29, 0.717) is 0 Å². The van der Waals surface area contributed by atoms with Gasteiger partial charge in [0.1, 0.15) is 0 Å². The predicted octanol–water partition coefficient (Wildman–Crippen LogP) is 4.16. The summed E-state index contributed by atoms with van der Waals surface area (Å²) in [5.74, 6) is 0.849. The summed E-state index contributed by atoms with van der Waals surface area (Å²) in [7, 11) is 0. The van der Waals surface area contributed by atoms with Crippen molar-refractivity contribution in [2.24, 2.45) is 5.92 Å². The molecule has 0 aliphatic heterocycles. The molecule has 0 aromatic heterocycles. The fourth-order valence-electron chi connectivity index (χ4n) is 1.89. The maximum absolute atomic E-state index is 5.87. The Hall–Kier alpha value is -0.800. The van der Waals surface area contributed by atoms with Crippen LogP contribution < -0.4 is 5.32 Å². The lowest BCUT2D eigenvalue weighted by Gasteiger charge is -2.25. The monoisotopic (exact) mass is 282 g/mol. The fourth-order valence-corrected chi connectivity index (χ4v) is 2.30. The third-order valence-corrected chi connectivity index (χ3v) is 3.66. The second-order valence-electron chi connectivity index (χ2n) is 4.83. The third-order valence-electron chi connectivity index (χ3n) is 3.05. The zero-order chi connectivity index (χ0) is 13.0. The summed E-state index contributed by atoms with van der Waals surface area (Å²) < 4.78 is 0. The highest BCUT2D eigenvalue weighted by atomic mass is 35.5. The van der Waals surface area contributed by atoms with Gasteiger partial charge >= 0.3 is 0 Å². The van der Waals surface area contributed by atoms with Crippen LogP contribution in [0.25, 0.3) is 0 Å². The van der Waals surface area contributed by atoms with Gasteiger partial charge in [0.25, 0.3) is 0 Å². The number of hydrogen-bond donors (Lipinski definition) is 1. The van der Waals surface area contributed by atoms with E-state index in [1.165, 1.54) is 12.8 Å². The number of rotatable bonds is 5. The molecule has 0 unspecified atom stereocenters. The van der Waals surface area contributed by atoms with Gasteiger partial charge in [-0.05, 0) is 61.7 Å². The Kier molecular flexibility index (Phi) is 4.84. The van der Waals surface area contributed by atoms with E-state index in [1.54, 1.807) is 0 Å². The molecule has 1 fully saturated rings. The first-order chi connectivity index (χ1) is 8.69. The first kappa shape index (κ1) is 13.6. The largest absolute Gasteiger partial charge is 0.349 e. The molecular weight excluding hydrogens is 264 g/mol. The Morgan fingerprint density at radius 2 is 2.06 bits per heavy atom. The molecule has 0 atom stereocenters. The molecular formula is C14H19ClN2S. The number of hydrogen-bond acceptors (Lipinski definition) is 1. The van der Waals surface area contributed by atoms with Crippen molar-refractivity contribution in [2.45, 2.75) is 26.2 Å². The van der Waals surface area contributed by atoms with Gasteiger partial charge in [0, 0.05) is 23.8 Å². The summed E-state index contributed by atoms with van der Waals surface area (Å²) in [6.45, 7) is 4.30. The standard InChI is InChI=1S/C14H19ClN2S/c1-2-9-17(10-11-3-4-11)14(18)16-13-7-5-12(15)6-8-13/h5-8,11H,2-4,9-10H2,1H3,(H,16,18). The predicted molar refractivity (Wildman–Crippen MR) is 82.3 cm³/mol. The van der Waals surface area contributed by atoms with E-state index in [9.17, 15) is 0 Å². The van der Waals surface area contributed by atoms with Crippen molar-refractivity contribution in [1.82, 2.24) is 4.90 Å². The SMILES string of the molecule is CCCN(CC1CC1)C(=S)Nc1ccc(Cl)cc1. The lowest BCUT2D eigenvalue weighted by atomic mass is 10.3. The van der Waals surface area contributed by atoms with Crippen molar-refractivity contribution in [3.63, 3.8) is 0 Å². The molecule has 0 amide bonds. The minimum atomic E-state index is 0.745. The quantitative estimate of drug-likeness (QED) is 0.817. The van der Waals surface area contributed by atoms with E-state index < -0.39 is 0 Å². The Bertz CT molecular complexity index is 401. The minimum Gasteiger partial charge on any atom is -0.349 e. The van der Waals surface area contributed by atoms with Crippen molar-refractivity contribution in [1.29, 1.82) is 0 Å². The van der Waals surface area contributed by atoms with Crippen LogP contribution in [-0.2, 0) is 0 Å². The van der Waals surface area contributed by atoms with Crippen LogP contribution in [0.3, 0.4) is 0 Å². The lowest BCUT2D eigenvalue weighted by Crippen LogP contribution is -2.36. The van der Waals surface area contributed by atoms with Crippen LogP contribution >= 0.6 is 23.8 Å². The first-order valence-electron chi connectivity index (χ1n) is 6.50. The second-order valence-corrected chi connectivity index (χ2v) is 5.65. The van der Waals surface area contributed by atoms with Crippen LogP contribution in [0.15, 0.2) is 24.3 Å². The molecule has 1 aromatic rings. The summed E-state index contributed by atoms with van der Waals surface area (Å²) >= 11 is 11.4. The van der Waals surface area contributed by atoms with Crippen LogP contribution in [0.4, 0.5) is 5.69 Å². The highest BCUT2D eigenvalue weighted by molar-refractivity contribution is 7.80. The number of nitrogens with zero attached hydrogens (tertiary/aromatic N) is 1. The minimum absolute atomic E-state index is 0.745. The average Bonchev–Trinajstić information content (AvgIpc) is 3.15. The maximum Gasteiger partial charge on any atom is 0.173 e. The molecule has 0 bridgehead atoms. The van der Waals surface area contributed by atoms with Gasteiger partial charge in [0.15, 0.2) is 5.11 Å². The highest BCUT2D eigenvalue weighted by Gasteiger charge is 2.25. The topological polar surface area (TPSA) is 15.3 Å². The van der Waals surface area contributed by atoms with Crippen molar-refractivity contribution in [3.8, 4) is 0 Å². The van der Waals surface area contributed by atoms with E-state index in [-0.39, 0.29) is 0 Å². The number of anilines is 1. The van der Waals surface area contributed by atoms with Crippen LogP contribution in [-0.4, -0.2) is 23.1 Å². The normalized spacial score (nSPS) is 14.3. The van der Waals surface area contributed by atoms with Crippen molar-refractivity contribution in [2.75, 3.05) is 18.4 Å². The molecule has 1 aliphatic carbocycles. The molecule has 4 heteroatoms. The van der Waals surface area contributed by atoms with E-state index in [4.69, 9.17) is 23.8 Å². The Balaban J connectivity index is 1.92. The van der Waals surface area contributed by atoms with Crippen LogP contribution in [0.1, 0.15) is 26.2 Å². The van der Waals surface area contributed by atoms with Gasteiger partial charge < -0.3 is 10.2 Å². The van der Waals surface area contributed by atoms with Crippen LogP contribution in [0.5, 0.6) is 0 Å². The van der Waals surface area contributed by atoms with Gasteiger partial charge in [-0.25, -0.2) is 0 Å². The van der Waals surface area contributed by atoms with E-state index in [0.717, 1.165) is 41.3 Å². The molecule has 0 heterocycles. The summed E-state index contributed by atoms with van der Waals surface area (Å²) in [6.07, 6.45) is 3.82. The van der Waals surface area contributed by atoms with Gasteiger partial charge in [0.2, 0.25) is 0 Å². The average molecular weight is 283 g/mol. The maximum atomic E-state index is 5.87. The molecule has 1 saturated carbocycles. The first-order valence-corrected chi connectivity index (χ1v) is 7.29. The molecule has 1 aliphatic rings. The molecule has 2 rings (SSSR count). The van der Waals surface area contributed by atoms with Gasteiger partial charge in [0.05, 0.1) is 0 Å². The number of thiocarbonyl (C=S) groups is 1. The smallest absolute Gasteiger partial charge is 0.173 e. The summed E-state index contributed by atoms with van der Waals surface area (Å²) in [4.78, 5) is 2.28. The van der Waals surface area contributed by atoms with Crippen molar-refractivity contribution < 1.29 is 0 Å². The fraction of sp³-hybridized carbons (Fsp3) is 0.500. The molecule has 2 nitrogen and oxygen atoms in total. The summed E-state index contributed by atoms with van der Waals surface area (Å²) in [6, 6.07) is 7.65. The molecule has 1 N–H and O–H groups in total. The third kappa shape index (κ3) is 4.14. The van der Waals surface area contributed by atoms with Gasteiger partial charge in [-0.2, -0.15) is 0 Å².